The lowest BCUT2D eigenvalue weighted by Gasteiger charge is -2.18. The smallest absolute Gasteiger partial charge is 0.221 e. The third-order valence-corrected chi connectivity index (χ3v) is 2.59. The lowest BCUT2D eigenvalue weighted by molar-refractivity contribution is 0.162. The molecule has 0 aromatic carbocycles. The summed E-state index contributed by atoms with van der Waals surface area (Å²) in [6.07, 6.45) is 1.54. The van der Waals surface area contributed by atoms with Gasteiger partial charge in [0.05, 0.1) is 6.10 Å². The molecule has 0 amide bonds. The zero-order valence-corrected chi connectivity index (χ0v) is 9.67. The predicted octanol–water partition coefficient (Wildman–Crippen LogP) is 2.86. The van der Waals surface area contributed by atoms with Crippen LogP contribution in [0.5, 0.6) is 5.88 Å². The molecule has 1 rings (SSSR count). The zero-order valence-electron chi connectivity index (χ0n) is 8.91. The van der Waals surface area contributed by atoms with Crippen LogP contribution in [0.1, 0.15) is 26.3 Å². The van der Waals surface area contributed by atoms with Gasteiger partial charge in [-0.05, 0) is 19.8 Å². The lowest BCUT2D eigenvalue weighted by atomic mass is 10.1. The number of hydrogen-bond donors (Lipinski definition) is 0. The molecule has 0 spiro atoms. The van der Waals surface area contributed by atoms with Gasteiger partial charge >= 0.3 is 0 Å². The summed E-state index contributed by atoms with van der Waals surface area (Å²) in [6, 6.07) is 0. The molecule has 1 aromatic heterocycles. The molecule has 3 nitrogen and oxygen atoms in total. The Morgan fingerprint density at radius 1 is 1.29 bits per heavy atom. The van der Waals surface area contributed by atoms with E-state index in [-0.39, 0.29) is 6.10 Å². The highest BCUT2D eigenvalue weighted by atomic mass is 35.5. The fourth-order valence-electron chi connectivity index (χ4n) is 0.845. The second kappa shape index (κ2) is 4.60. The quantitative estimate of drug-likeness (QED) is 0.726. The number of aromatic nitrogens is 2. The summed E-state index contributed by atoms with van der Waals surface area (Å²) in [4.78, 5) is 7.91. The molecule has 0 N–H and O–H groups in total. The van der Waals surface area contributed by atoms with Gasteiger partial charge in [0.15, 0.2) is 0 Å². The van der Waals surface area contributed by atoms with E-state index in [1.807, 2.05) is 13.8 Å². The van der Waals surface area contributed by atoms with Crippen LogP contribution >= 0.6 is 11.6 Å². The van der Waals surface area contributed by atoms with Crippen LogP contribution in [0.4, 0.5) is 0 Å². The van der Waals surface area contributed by atoms with Gasteiger partial charge in [-0.15, -0.1) is 0 Å². The summed E-state index contributed by atoms with van der Waals surface area (Å²) in [5, 5.41) is 0.450. The van der Waals surface area contributed by atoms with E-state index in [1.54, 1.807) is 0 Å². The molecule has 14 heavy (non-hydrogen) atoms. The molecule has 78 valence electrons. The molecule has 0 bridgehead atoms. The topological polar surface area (TPSA) is 35.0 Å². The summed E-state index contributed by atoms with van der Waals surface area (Å²) < 4.78 is 5.65. The van der Waals surface area contributed by atoms with Crippen molar-refractivity contribution < 1.29 is 4.74 Å². The van der Waals surface area contributed by atoms with Crippen LogP contribution in [-0.4, -0.2) is 16.1 Å². The molecule has 0 aliphatic heterocycles. The van der Waals surface area contributed by atoms with Crippen LogP contribution in [0.15, 0.2) is 6.33 Å². The monoisotopic (exact) mass is 214 g/mol. The summed E-state index contributed by atoms with van der Waals surface area (Å²) in [5.74, 6) is 1.02. The minimum Gasteiger partial charge on any atom is -0.474 e. The van der Waals surface area contributed by atoms with Crippen LogP contribution < -0.4 is 4.74 Å². The summed E-state index contributed by atoms with van der Waals surface area (Å²) in [7, 11) is 0. The SMILES string of the molecule is Cc1c(Cl)ncnc1OC(C)C(C)C. The van der Waals surface area contributed by atoms with Crippen molar-refractivity contribution in [1.82, 2.24) is 9.97 Å². The first kappa shape index (κ1) is 11.2. The summed E-state index contributed by atoms with van der Waals surface area (Å²) in [6.45, 7) is 8.07. The first-order valence-corrected chi connectivity index (χ1v) is 5.04. The van der Waals surface area contributed by atoms with Crippen molar-refractivity contribution >= 4 is 11.6 Å². The standard InChI is InChI=1S/C10H15ClN2O/c1-6(2)8(4)14-10-7(3)9(11)12-5-13-10/h5-6,8H,1-4H3. The molecule has 1 atom stereocenters. The van der Waals surface area contributed by atoms with Gasteiger partial charge in [0.25, 0.3) is 0 Å². The molecule has 1 heterocycles. The van der Waals surface area contributed by atoms with E-state index < -0.39 is 0 Å². The molecule has 0 aliphatic rings. The first-order chi connectivity index (χ1) is 6.52. The zero-order chi connectivity index (χ0) is 10.7. The molecular weight excluding hydrogens is 200 g/mol. The van der Waals surface area contributed by atoms with E-state index in [0.29, 0.717) is 17.0 Å². The van der Waals surface area contributed by atoms with Gasteiger partial charge in [-0.25, -0.2) is 9.97 Å². The van der Waals surface area contributed by atoms with Crippen molar-refractivity contribution in [1.29, 1.82) is 0 Å². The second-order valence-corrected chi connectivity index (χ2v) is 4.02. The molecular formula is C10H15ClN2O. The molecule has 1 unspecified atom stereocenters. The molecule has 0 aliphatic carbocycles. The number of hydrogen-bond acceptors (Lipinski definition) is 3. The molecule has 0 saturated heterocycles. The van der Waals surface area contributed by atoms with E-state index in [0.717, 1.165) is 5.56 Å². The Hall–Kier alpha value is -0.830. The third-order valence-electron chi connectivity index (χ3n) is 2.21. The van der Waals surface area contributed by atoms with E-state index >= 15 is 0 Å². The van der Waals surface area contributed by atoms with Gasteiger partial charge in [-0.1, -0.05) is 25.4 Å². The van der Waals surface area contributed by atoms with Gasteiger partial charge in [-0.3, -0.25) is 0 Å². The fourth-order valence-corrected chi connectivity index (χ4v) is 0.969. The predicted molar refractivity (Wildman–Crippen MR) is 56.7 cm³/mol. The number of halogens is 1. The average molecular weight is 215 g/mol. The number of rotatable bonds is 3. The Morgan fingerprint density at radius 2 is 1.93 bits per heavy atom. The highest BCUT2D eigenvalue weighted by Gasteiger charge is 2.12. The maximum absolute atomic E-state index is 5.85. The lowest BCUT2D eigenvalue weighted by Crippen LogP contribution is -2.19. The van der Waals surface area contributed by atoms with Crippen molar-refractivity contribution in [3.63, 3.8) is 0 Å². The van der Waals surface area contributed by atoms with Crippen LogP contribution in [0.3, 0.4) is 0 Å². The Bertz CT molecular complexity index is 315. The van der Waals surface area contributed by atoms with Crippen LogP contribution in [0.25, 0.3) is 0 Å². The Kier molecular flexibility index (Phi) is 3.69. The minimum atomic E-state index is 0.125. The van der Waals surface area contributed by atoms with E-state index in [9.17, 15) is 0 Å². The molecule has 0 fully saturated rings. The van der Waals surface area contributed by atoms with Crippen LogP contribution in [0.2, 0.25) is 5.15 Å². The van der Waals surface area contributed by atoms with Crippen molar-refractivity contribution in [2.45, 2.75) is 33.8 Å². The molecule has 0 radical (unpaired) electrons. The third kappa shape index (κ3) is 2.58. The highest BCUT2D eigenvalue weighted by molar-refractivity contribution is 6.30. The van der Waals surface area contributed by atoms with Crippen LogP contribution in [-0.2, 0) is 0 Å². The largest absolute Gasteiger partial charge is 0.474 e. The first-order valence-electron chi connectivity index (χ1n) is 4.66. The molecule has 4 heteroatoms. The van der Waals surface area contributed by atoms with Crippen LogP contribution in [0, 0.1) is 12.8 Å². The van der Waals surface area contributed by atoms with Gasteiger partial charge in [-0.2, -0.15) is 0 Å². The molecule has 0 saturated carbocycles. The Morgan fingerprint density at radius 3 is 2.50 bits per heavy atom. The number of ether oxygens (including phenoxy) is 1. The van der Waals surface area contributed by atoms with Gasteiger partial charge in [0.2, 0.25) is 5.88 Å². The number of nitrogens with zero attached hydrogens (tertiary/aromatic N) is 2. The van der Waals surface area contributed by atoms with E-state index in [4.69, 9.17) is 16.3 Å². The average Bonchev–Trinajstić information content (AvgIpc) is 2.12. The van der Waals surface area contributed by atoms with Crippen molar-refractivity contribution in [2.24, 2.45) is 5.92 Å². The highest BCUT2D eigenvalue weighted by Crippen LogP contribution is 2.22. The van der Waals surface area contributed by atoms with Gasteiger partial charge in [0.1, 0.15) is 11.5 Å². The fraction of sp³-hybridized carbons (Fsp3) is 0.600. The summed E-state index contributed by atoms with van der Waals surface area (Å²) >= 11 is 5.85. The van der Waals surface area contributed by atoms with E-state index in [1.165, 1.54) is 6.33 Å². The normalized spacial score (nSPS) is 13.0. The molecule has 1 aromatic rings. The Balaban J connectivity index is 2.82. The van der Waals surface area contributed by atoms with Gasteiger partial charge in [0, 0.05) is 5.56 Å². The van der Waals surface area contributed by atoms with E-state index in [2.05, 4.69) is 23.8 Å². The van der Waals surface area contributed by atoms with Crippen molar-refractivity contribution in [3.05, 3.63) is 17.0 Å². The second-order valence-electron chi connectivity index (χ2n) is 3.66. The minimum absolute atomic E-state index is 0.125. The van der Waals surface area contributed by atoms with Crippen molar-refractivity contribution in [2.75, 3.05) is 0 Å². The van der Waals surface area contributed by atoms with Gasteiger partial charge < -0.3 is 4.74 Å². The summed E-state index contributed by atoms with van der Waals surface area (Å²) in [5.41, 5.74) is 0.793. The maximum Gasteiger partial charge on any atom is 0.221 e. The maximum atomic E-state index is 5.85. The Labute approximate surface area is 89.5 Å². The van der Waals surface area contributed by atoms with Crippen molar-refractivity contribution in [3.8, 4) is 5.88 Å².